The molecule has 0 fully saturated rings. The molecular formula is C14H11NO2. The van der Waals surface area contributed by atoms with Gasteiger partial charge in [0.25, 0.3) is 0 Å². The number of pyridine rings is 1. The lowest BCUT2D eigenvalue weighted by Crippen LogP contribution is -2.04. The Balaban J connectivity index is 2.20. The van der Waals surface area contributed by atoms with Gasteiger partial charge >= 0.3 is 5.97 Å². The maximum Gasteiger partial charge on any atom is 0.304 e. The van der Waals surface area contributed by atoms with Gasteiger partial charge in [0, 0.05) is 17.7 Å². The highest BCUT2D eigenvalue weighted by molar-refractivity contribution is 5.79. The molecule has 0 spiro atoms. The molecule has 0 saturated carbocycles. The highest BCUT2D eigenvalue weighted by Gasteiger charge is 2.30. The molecule has 84 valence electrons. The van der Waals surface area contributed by atoms with Gasteiger partial charge in [0.2, 0.25) is 0 Å². The molecule has 1 aromatic carbocycles. The molecule has 1 N–H and O–H groups in total. The SMILES string of the molecule is O=C(O)C[C@@H]1c2ccccc2-c2ncccc21. The fourth-order valence-electron chi connectivity index (χ4n) is 2.50. The van der Waals surface area contributed by atoms with Crippen LogP contribution in [-0.2, 0) is 4.79 Å². The maximum absolute atomic E-state index is 11.0. The van der Waals surface area contributed by atoms with E-state index < -0.39 is 5.97 Å². The van der Waals surface area contributed by atoms with Gasteiger partial charge in [0.1, 0.15) is 0 Å². The molecule has 0 aliphatic heterocycles. The van der Waals surface area contributed by atoms with E-state index in [4.69, 9.17) is 5.11 Å². The monoisotopic (exact) mass is 225 g/mol. The summed E-state index contributed by atoms with van der Waals surface area (Å²) in [6.07, 6.45) is 1.87. The van der Waals surface area contributed by atoms with Crippen LogP contribution < -0.4 is 0 Å². The zero-order valence-electron chi connectivity index (χ0n) is 9.13. The van der Waals surface area contributed by atoms with E-state index in [1.165, 1.54) is 0 Å². The zero-order chi connectivity index (χ0) is 11.8. The van der Waals surface area contributed by atoms with Gasteiger partial charge in [-0.1, -0.05) is 30.3 Å². The Bertz CT molecular complexity index is 547. The van der Waals surface area contributed by atoms with Crippen molar-refractivity contribution in [1.29, 1.82) is 0 Å². The summed E-state index contributed by atoms with van der Waals surface area (Å²) in [7, 11) is 0. The molecule has 1 aliphatic rings. The Labute approximate surface area is 98.8 Å². The van der Waals surface area contributed by atoms with Crippen molar-refractivity contribution in [2.75, 3.05) is 0 Å². The van der Waals surface area contributed by atoms with Crippen LogP contribution in [0.2, 0.25) is 0 Å². The third-order valence-electron chi connectivity index (χ3n) is 3.18. The molecule has 17 heavy (non-hydrogen) atoms. The minimum atomic E-state index is -0.776. The van der Waals surface area contributed by atoms with Gasteiger partial charge in [-0.05, 0) is 17.2 Å². The van der Waals surface area contributed by atoms with E-state index in [0.29, 0.717) is 0 Å². The molecule has 0 bridgehead atoms. The molecule has 0 amide bonds. The summed E-state index contributed by atoms with van der Waals surface area (Å²) >= 11 is 0. The number of fused-ring (bicyclic) bond motifs is 3. The van der Waals surface area contributed by atoms with Gasteiger partial charge in [0.15, 0.2) is 0 Å². The van der Waals surface area contributed by atoms with Crippen molar-refractivity contribution in [2.45, 2.75) is 12.3 Å². The average molecular weight is 225 g/mol. The standard InChI is InChI=1S/C14H11NO2/c16-13(17)8-12-9-4-1-2-5-10(9)14-11(12)6-3-7-15-14/h1-7,12H,8H2,(H,16,17)/t12-/m1/s1. The van der Waals surface area contributed by atoms with E-state index in [9.17, 15) is 4.79 Å². The van der Waals surface area contributed by atoms with Crippen LogP contribution >= 0.6 is 0 Å². The summed E-state index contributed by atoms with van der Waals surface area (Å²) in [4.78, 5) is 15.3. The summed E-state index contributed by atoms with van der Waals surface area (Å²) in [5, 5.41) is 9.00. The van der Waals surface area contributed by atoms with Crippen molar-refractivity contribution in [3.05, 3.63) is 53.7 Å². The van der Waals surface area contributed by atoms with Crippen LogP contribution in [0.5, 0.6) is 0 Å². The largest absolute Gasteiger partial charge is 0.481 e. The topological polar surface area (TPSA) is 50.2 Å². The van der Waals surface area contributed by atoms with Crippen molar-refractivity contribution in [3.8, 4) is 11.3 Å². The summed E-state index contributed by atoms with van der Waals surface area (Å²) in [5.74, 6) is -0.839. The number of aliphatic carboxylic acids is 1. The second-order valence-corrected chi connectivity index (χ2v) is 4.18. The molecule has 0 radical (unpaired) electrons. The highest BCUT2D eigenvalue weighted by Crippen LogP contribution is 2.44. The first-order chi connectivity index (χ1) is 8.27. The molecule has 1 aromatic heterocycles. The number of rotatable bonds is 2. The molecule has 0 unspecified atom stereocenters. The van der Waals surface area contributed by atoms with Crippen molar-refractivity contribution in [3.63, 3.8) is 0 Å². The van der Waals surface area contributed by atoms with Crippen LogP contribution in [0.25, 0.3) is 11.3 Å². The number of carbonyl (C=O) groups is 1. The molecule has 1 heterocycles. The summed E-state index contributed by atoms with van der Waals surface area (Å²) in [6, 6.07) is 11.7. The molecule has 3 nitrogen and oxygen atoms in total. The van der Waals surface area contributed by atoms with Crippen LogP contribution in [0.3, 0.4) is 0 Å². The highest BCUT2D eigenvalue weighted by atomic mass is 16.4. The number of nitrogens with zero attached hydrogens (tertiary/aromatic N) is 1. The predicted octanol–water partition coefficient (Wildman–Crippen LogP) is 2.67. The Hall–Kier alpha value is -2.16. The lowest BCUT2D eigenvalue weighted by atomic mass is 9.94. The predicted molar refractivity (Wildman–Crippen MR) is 63.8 cm³/mol. The van der Waals surface area contributed by atoms with Crippen molar-refractivity contribution in [1.82, 2.24) is 4.98 Å². The average Bonchev–Trinajstić information content (AvgIpc) is 2.65. The second kappa shape index (κ2) is 3.70. The maximum atomic E-state index is 11.0. The molecule has 1 atom stereocenters. The minimum Gasteiger partial charge on any atom is -0.481 e. The number of carboxylic acids is 1. The number of aromatic nitrogens is 1. The van der Waals surface area contributed by atoms with Crippen LogP contribution in [0.4, 0.5) is 0 Å². The third kappa shape index (κ3) is 1.51. The first-order valence-electron chi connectivity index (χ1n) is 5.53. The smallest absolute Gasteiger partial charge is 0.304 e. The summed E-state index contributed by atoms with van der Waals surface area (Å²) < 4.78 is 0. The normalized spacial score (nSPS) is 16.4. The minimum absolute atomic E-state index is 0.0626. The van der Waals surface area contributed by atoms with Crippen LogP contribution in [0, 0.1) is 0 Å². The van der Waals surface area contributed by atoms with E-state index >= 15 is 0 Å². The van der Waals surface area contributed by atoms with E-state index in [0.717, 1.165) is 22.4 Å². The Morgan fingerprint density at radius 2 is 1.94 bits per heavy atom. The molecule has 2 aromatic rings. The van der Waals surface area contributed by atoms with E-state index in [1.807, 2.05) is 36.4 Å². The van der Waals surface area contributed by atoms with Crippen molar-refractivity contribution >= 4 is 5.97 Å². The van der Waals surface area contributed by atoms with Crippen molar-refractivity contribution < 1.29 is 9.90 Å². The van der Waals surface area contributed by atoms with Crippen LogP contribution in [0.1, 0.15) is 23.5 Å². The van der Waals surface area contributed by atoms with Gasteiger partial charge in [-0.3, -0.25) is 9.78 Å². The van der Waals surface area contributed by atoms with Crippen LogP contribution in [0.15, 0.2) is 42.6 Å². The van der Waals surface area contributed by atoms with Gasteiger partial charge in [-0.15, -0.1) is 0 Å². The zero-order valence-corrected chi connectivity index (χ0v) is 9.13. The number of carboxylic acid groups (broad SMARTS) is 1. The van der Waals surface area contributed by atoms with Gasteiger partial charge in [-0.25, -0.2) is 0 Å². The van der Waals surface area contributed by atoms with E-state index in [2.05, 4.69) is 4.98 Å². The van der Waals surface area contributed by atoms with E-state index in [-0.39, 0.29) is 12.3 Å². The summed E-state index contributed by atoms with van der Waals surface area (Å²) in [6.45, 7) is 0. The van der Waals surface area contributed by atoms with Gasteiger partial charge < -0.3 is 5.11 Å². The van der Waals surface area contributed by atoms with Crippen LogP contribution in [-0.4, -0.2) is 16.1 Å². The van der Waals surface area contributed by atoms with E-state index in [1.54, 1.807) is 6.20 Å². The lowest BCUT2D eigenvalue weighted by molar-refractivity contribution is -0.137. The van der Waals surface area contributed by atoms with Crippen molar-refractivity contribution in [2.24, 2.45) is 0 Å². The fourth-order valence-corrected chi connectivity index (χ4v) is 2.50. The molecular weight excluding hydrogens is 214 g/mol. The Morgan fingerprint density at radius 3 is 2.76 bits per heavy atom. The lowest BCUT2D eigenvalue weighted by Gasteiger charge is -2.09. The number of benzene rings is 1. The second-order valence-electron chi connectivity index (χ2n) is 4.18. The third-order valence-corrected chi connectivity index (χ3v) is 3.18. The quantitative estimate of drug-likeness (QED) is 0.854. The Morgan fingerprint density at radius 1 is 1.18 bits per heavy atom. The van der Waals surface area contributed by atoms with Gasteiger partial charge in [-0.2, -0.15) is 0 Å². The van der Waals surface area contributed by atoms with Gasteiger partial charge in [0.05, 0.1) is 12.1 Å². The molecule has 1 aliphatic carbocycles. The molecule has 0 saturated heterocycles. The fraction of sp³-hybridized carbons (Fsp3) is 0.143. The number of hydrogen-bond donors (Lipinski definition) is 1. The number of hydrogen-bond acceptors (Lipinski definition) is 2. The summed E-state index contributed by atoms with van der Waals surface area (Å²) in [5.41, 5.74) is 4.09. The Kier molecular flexibility index (Phi) is 2.18. The first kappa shape index (κ1) is 10.0. The first-order valence-corrected chi connectivity index (χ1v) is 5.53. The molecule has 3 rings (SSSR count). The molecule has 3 heteroatoms.